The molecule has 0 aliphatic carbocycles. The van der Waals surface area contributed by atoms with Gasteiger partial charge in [0.1, 0.15) is 41.5 Å². The molecule has 3 aliphatic rings. The lowest BCUT2D eigenvalue weighted by molar-refractivity contribution is -0.154. The molecule has 0 bridgehead atoms. The highest BCUT2D eigenvalue weighted by atomic mass is 16.8. The van der Waals surface area contributed by atoms with Gasteiger partial charge in [-0.3, -0.25) is 0 Å². The number of carbonyl (C=O) groups excluding carboxylic acids is 1. The van der Waals surface area contributed by atoms with E-state index in [2.05, 4.69) is 0 Å². The molecule has 1 aromatic rings. The number of methoxy groups -OCH3 is 1. The van der Waals surface area contributed by atoms with Gasteiger partial charge < -0.3 is 33.9 Å². The number of fused-ring (bicyclic) bond motifs is 4. The van der Waals surface area contributed by atoms with E-state index in [0.29, 0.717) is 24.2 Å². The van der Waals surface area contributed by atoms with E-state index in [9.17, 15) is 15.0 Å². The number of ether oxygens (including phenoxy) is 5. The average Bonchev–Trinajstić information content (AvgIpc) is 3.35. The fourth-order valence-corrected chi connectivity index (χ4v) is 4.11. The lowest BCUT2D eigenvalue weighted by Gasteiger charge is -2.21. The van der Waals surface area contributed by atoms with Crippen molar-refractivity contribution in [2.24, 2.45) is 0 Å². The zero-order chi connectivity index (χ0) is 21.6. The summed E-state index contributed by atoms with van der Waals surface area (Å²) in [6, 6.07) is 3.03. The van der Waals surface area contributed by atoms with Crippen LogP contribution in [0.1, 0.15) is 55.6 Å². The highest BCUT2D eigenvalue weighted by molar-refractivity contribution is 5.95. The van der Waals surface area contributed by atoms with Gasteiger partial charge in [-0.2, -0.15) is 0 Å². The number of hydrogen-bond acceptors (Lipinski definition) is 8. The summed E-state index contributed by atoms with van der Waals surface area (Å²) in [6.07, 6.45) is 1.40. The van der Waals surface area contributed by atoms with E-state index in [4.69, 9.17) is 23.7 Å². The molecule has 30 heavy (non-hydrogen) atoms. The number of epoxide rings is 1. The minimum absolute atomic E-state index is 0.0603. The van der Waals surface area contributed by atoms with E-state index >= 15 is 0 Å². The Labute approximate surface area is 175 Å². The van der Waals surface area contributed by atoms with Crippen molar-refractivity contribution in [2.45, 2.75) is 76.0 Å². The highest BCUT2D eigenvalue weighted by Gasteiger charge is 2.49. The van der Waals surface area contributed by atoms with E-state index in [1.165, 1.54) is 13.2 Å². The summed E-state index contributed by atoms with van der Waals surface area (Å²) in [7, 11) is 1.48. The molecule has 2 N–H and O–H groups in total. The molecule has 6 atom stereocenters. The van der Waals surface area contributed by atoms with Gasteiger partial charge in [0.25, 0.3) is 0 Å². The van der Waals surface area contributed by atoms with Gasteiger partial charge in [-0.1, -0.05) is 12.2 Å². The first kappa shape index (κ1) is 21.1. The maximum Gasteiger partial charge on any atom is 0.342 e. The molecule has 164 valence electrons. The molecule has 0 spiro atoms. The van der Waals surface area contributed by atoms with Crippen LogP contribution in [-0.4, -0.2) is 59.6 Å². The number of carbonyl (C=O) groups is 1. The van der Waals surface area contributed by atoms with Crippen LogP contribution >= 0.6 is 0 Å². The monoisotopic (exact) mass is 420 g/mol. The van der Waals surface area contributed by atoms with Gasteiger partial charge in [0.15, 0.2) is 5.79 Å². The predicted octanol–water partition coefficient (Wildman–Crippen LogP) is 2.62. The van der Waals surface area contributed by atoms with Crippen LogP contribution in [0.5, 0.6) is 11.5 Å². The van der Waals surface area contributed by atoms with Crippen LogP contribution in [-0.2, 0) is 18.9 Å². The molecule has 8 nitrogen and oxygen atoms in total. The number of phenols is 1. The highest BCUT2D eigenvalue weighted by Crippen LogP contribution is 2.47. The van der Waals surface area contributed by atoms with Crippen molar-refractivity contribution in [3.8, 4) is 11.5 Å². The Balaban J connectivity index is 1.68. The van der Waals surface area contributed by atoms with E-state index in [-0.39, 0.29) is 17.4 Å². The number of hydrogen-bond donors (Lipinski definition) is 2. The lowest BCUT2D eigenvalue weighted by atomic mass is 9.96. The molecule has 3 aliphatic heterocycles. The number of rotatable bonds is 1. The van der Waals surface area contributed by atoms with Crippen LogP contribution in [0.4, 0.5) is 0 Å². The number of cyclic esters (lactones) is 1. The summed E-state index contributed by atoms with van der Waals surface area (Å²) in [6.45, 7) is 5.38. The first-order chi connectivity index (χ1) is 14.2. The molecule has 4 rings (SSSR count). The summed E-state index contributed by atoms with van der Waals surface area (Å²) in [4.78, 5) is 12.8. The molecular weight excluding hydrogens is 392 g/mol. The van der Waals surface area contributed by atoms with Gasteiger partial charge in [0.05, 0.1) is 19.3 Å². The minimum Gasteiger partial charge on any atom is -0.507 e. The summed E-state index contributed by atoms with van der Waals surface area (Å²) >= 11 is 0. The Morgan fingerprint density at radius 1 is 1.23 bits per heavy atom. The quantitative estimate of drug-likeness (QED) is 0.406. The SMILES string of the molecule is COc1cc(O)c2c(c1)[C@H]1O[C@@H]1C[C@H](O)[C@@H]1OC(C)(C)O[C@@H]1/C=C/C[C@H](C)OC2=O. The van der Waals surface area contributed by atoms with Gasteiger partial charge in [-0.15, -0.1) is 0 Å². The zero-order valence-electron chi connectivity index (χ0n) is 17.5. The number of benzene rings is 1. The summed E-state index contributed by atoms with van der Waals surface area (Å²) in [5.74, 6) is -1.27. The first-order valence-corrected chi connectivity index (χ1v) is 10.2. The molecule has 1 aromatic carbocycles. The van der Waals surface area contributed by atoms with Crippen LogP contribution in [0, 0.1) is 0 Å². The van der Waals surface area contributed by atoms with Crippen LogP contribution in [0.2, 0.25) is 0 Å². The second-order valence-electron chi connectivity index (χ2n) is 8.45. The number of aromatic hydroxyl groups is 1. The average molecular weight is 420 g/mol. The summed E-state index contributed by atoms with van der Waals surface area (Å²) in [5.41, 5.74) is 0.541. The normalized spacial score (nSPS) is 36.5. The molecule has 2 fully saturated rings. The van der Waals surface area contributed by atoms with Gasteiger partial charge in [0, 0.05) is 24.5 Å². The minimum atomic E-state index is -0.827. The van der Waals surface area contributed by atoms with Gasteiger partial charge in [-0.25, -0.2) is 4.79 Å². The number of aliphatic hydroxyl groups excluding tert-OH is 1. The molecule has 3 heterocycles. The van der Waals surface area contributed by atoms with Crippen LogP contribution in [0.25, 0.3) is 0 Å². The second kappa shape index (κ2) is 7.85. The first-order valence-electron chi connectivity index (χ1n) is 10.2. The van der Waals surface area contributed by atoms with E-state index in [1.54, 1.807) is 26.8 Å². The Kier molecular flexibility index (Phi) is 5.52. The number of aliphatic hydroxyl groups is 1. The Bertz CT molecular complexity index is 848. The fraction of sp³-hybridized carbons (Fsp3) is 0.591. The standard InChI is InChI=1S/C22H28O8/c1-11-6-5-7-16-20(30-22(2,3)29-16)15(24)10-17-19(28-17)13-8-12(26-4)9-14(23)18(13)21(25)27-11/h5,7-9,11,15-17,19-20,23-24H,6,10H2,1-4H3/b7-5+/t11-,15-,16+,17+,19+,20-/m0/s1. The van der Waals surface area contributed by atoms with Crippen LogP contribution < -0.4 is 4.74 Å². The third-order valence-corrected chi connectivity index (χ3v) is 5.57. The smallest absolute Gasteiger partial charge is 0.342 e. The molecular formula is C22H28O8. The predicted molar refractivity (Wildman–Crippen MR) is 105 cm³/mol. The fourth-order valence-electron chi connectivity index (χ4n) is 4.11. The van der Waals surface area contributed by atoms with Crippen molar-refractivity contribution in [1.29, 1.82) is 0 Å². The third-order valence-electron chi connectivity index (χ3n) is 5.57. The number of phenolic OH excluding ortho intramolecular Hbond substituents is 1. The third kappa shape index (κ3) is 4.18. The maximum absolute atomic E-state index is 12.8. The van der Waals surface area contributed by atoms with Gasteiger partial charge in [-0.05, 0) is 26.8 Å². The van der Waals surface area contributed by atoms with Gasteiger partial charge >= 0.3 is 5.97 Å². The topological polar surface area (TPSA) is 107 Å². The maximum atomic E-state index is 12.8. The molecule has 2 saturated heterocycles. The summed E-state index contributed by atoms with van der Waals surface area (Å²) in [5, 5.41) is 21.3. The largest absolute Gasteiger partial charge is 0.507 e. The van der Waals surface area contributed by atoms with E-state index in [0.717, 1.165) is 0 Å². The molecule has 0 amide bonds. The van der Waals surface area contributed by atoms with Crippen LogP contribution in [0.3, 0.4) is 0 Å². The van der Waals surface area contributed by atoms with Crippen molar-refractivity contribution in [3.05, 3.63) is 35.4 Å². The van der Waals surface area contributed by atoms with Gasteiger partial charge in [0.2, 0.25) is 0 Å². The molecule has 0 unspecified atom stereocenters. The molecule has 0 saturated carbocycles. The van der Waals surface area contributed by atoms with Crippen molar-refractivity contribution in [2.75, 3.05) is 7.11 Å². The Morgan fingerprint density at radius 2 is 2.00 bits per heavy atom. The van der Waals surface area contributed by atoms with Crippen molar-refractivity contribution >= 4 is 5.97 Å². The molecule has 0 radical (unpaired) electrons. The van der Waals surface area contributed by atoms with E-state index in [1.807, 2.05) is 12.2 Å². The Morgan fingerprint density at radius 3 is 2.73 bits per heavy atom. The zero-order valence-corrected chi connectivity index (χ0v) is 17.5. The number of esters is 1. The molecule has 0 aromatic heterocycles. The Hall–Kier alpha value is -2.13. The van der Waals surface area contributed by atoms with E-state index < -0.39 is 42.3 Å². The molecule has 8 heteroatoms. The summed E-state index contributed by atoms with van der Waals surface area (Å²) < 4.78 is 28.4. The van der Waals surface area contributed by atoms with Crippen molar-refractivity contribution < 1.29 is 38.7 Å². The van der Waals surface area contributed by atoms with Crippen molar-refractivity contribution in [3.63, 3.8) is 0 Å². The van der Waals surface area contributed by atoms with Crippen molar-refractivity contribution in [1.82, 2.24) is 0 Å². The lowest BCUT2D eigenvalue weighted by Crippen LogP contribution is -2.35. The van der Waals surface area contributed by atoms with Crippen LogP contribution in [0.15, 0.2) is 24.3 Å². The second-order valence-corrected chi connectivity index (χ2v) is 8.45.